The van der Waals surface area contributed by atoms with E-state index in [2.05, 4.69) is 9.96 Å². The van der Waals surface area contributed by atoms with Crippen LogP contribution in [0.2, 0.25) is 0 Å². The number of nitriles is 1. The summed E-state index contributed by atoms with van der Waals surface area (Å²) < 4.78 is 0. The summed E-state index contributed by atoms with van der Waals surface area (Å²) in [4.78, 5) is 7.13. The predicted octanol–water partition coefficient (Wildman–Crippen LogP) is 2.59. The van der Waals surface area contributed by atoms with Crippen LogP contribution in [0.15, 0.2) is 30.5 Å². The van der Waals surface area contributed by atoms with Gasteiger partial charge in [-0.2, -0.15) is 5.26 Å². The van der Waals surface area contributed by atoms with Crippen LogP contribution in [0.25, 0.3) is 15.9 Å². The Kier molecular flexibility index (Phi) is 1.82. The van der Waals surface area contributed by atoms with Crippen molar-refractivity contribution in [3.05, 3.63) is 41.0 Å². The minimum atomic E-state index is 0.271. The zero-order valence-corrected chi connectivity index (χ0v) is 7.18. The summed E-state index contributed by atoms with van der Waals surface area (Å²) in [6.45, 7) is 0. The number of hydrogen-bond donors (Lipinski definition) is 0. The lowest BCUT2D eigenvalue weighted by molar-refractivity contribution is 1.40. The Bertz CT molecular complexity index is 575. The smallest absolute Gasteiger partial charge is 0.256 e. The maximum Gasteiger partial charge on any atom is 0.403 e. The summed E-state index contributed by atoms with van der Waals surface area (Å²) in [5, 5.41) is 18.3. The molecule has 0 bridgehead atoms. The van der Waals surface area contributed by atoms with Gasteiger partial charge in [-0.25, -0.2) is 0 Å². The molecule has 2 aromatic rings. The SMILES string of the molecule is N#Cc1c([N+]#N)ccc2ncccc12. The van der Waals surface area contributed by atoms with Gasteiger partial charge in [0.2, 0.25) is 5.39 Å². The molecule has 0 aliphatic rings. The lowest BCUT2D eigenvalue weighted by atomic mass is 10.1. The maximum atomic E-state index is 8.90. The topological polar surface area (TPSA) is 64.8 Å². The lowest BCUT2D eigenvalue weighted by Gasteiger charge is -1.94. The van der Waals surface area contributed by atoms with Gasteiger partial charge in [-0.15, -0.1) is 0 Å². The third-order valence-electron chi connectivity index (χ3n) is 1.98. The van der Waals surface area contributed by atoms with E-state index in [-0.39, 0.29) is 5.69 Å². The van der Waals surface area contributed by atoms with Gasteiger partial charge in [-0.3, -0.25) is 4.98 Å². The van der Waals surface area contributed by atoms with Crippen LogP contribution in [-0.2, 0) is 0 Å². The monoisotopic (exact) mass is 181 g/mol. The fourth-order valence-corrected chi connectivity index (χ4v) is 1.34. The fourth-order valence-electron chi connectivity index (χ4n) is 1.34. The third kappa shape index (κ3) is 1.07. The molecule has 0 amide bonds. The molecule has 1 heterocycles. The average molecular weight is 181 g/mol. The number of hydrogen-bond acceptors (Lipinski definition) is 3. The number of pyridine rings is 1. The molecule has 0 fully saturated rings. The van der Waals surface area contributed by atoms with Crippen LogP contribution in [0.5, 0.6) is 0 Å². The van der Waals surface area contributed by atoms with Crippen LogP contribution >= 0.6 is 0 Å². The predicted molar refractivity (Wildman–Crippen MR) is 51.2 cm³/mol. The summed E-state index contributed by atoms with van der Waals surface area (Å²) >= 11 is 0. The summed E-state index contributed by atoms with van der Waals surface area (Å²) in [5.74, 6) is 0. The van der Waals surface area contributed by atoms with Gasteiger partial charge in [0.05, 0.1) is 5.52 Å². The first kappa shape index (κ1) is 8.15. The second-order valence-electron chi connectivity index (χ2n) is 2.74. The number of rotatable bonds is 0. The van der Waals surface area contributed by atoms with E-state index in [0.717, 1.165) is 5.52 Å². The highest BCUT2D eigenvalue weighted by atomic mass is 14.9. The first-order chi connectivity index (χ1) is 6.86. The van der Waals surface area contributed by atoms with Crippen LogP contribution in [0, 0.1) is 16.7 Å². The van der Waals surface area contributed by atoms with Crippen LogP contribution in [0.1, 0.15) is 5.56 Å². The first-order valence-electron chi connectivity index (χ1n) is 4.00. The van der Waals surface area contributed by atoms with Crippen molar-refractivity contribution >= 4 is 16.6 Å². The van der Waals surface area contributed by atoms with Gasteiger partial charge in [0, 0.05) is 17.6 Å². The van der Waals surface area contributed by atoms with Gasteiger partial charge in [0.1, 0.15) is 6.07 Å². The van der Waals surface area contributed by atoms with E-state index in [1.807, 2.05) is 6.07 Å². The quantitative estimate of drug-likeness (QED) is 0.586. The van der Waals surface area contributed by atoms with Crippen molar-refractivity contribution in [3.8, 4) is 6.07 Å². The molecular formula is C10H5N4+. The molecule has 64 valence electrons. The van der Waals surface area contributed by atoms with Crippen molar-refractivity contribution in [2.24, 2.45) is 0 Å². The molecule has 0 unspecified atom stereocenters. The molecule has 1 aromatic heterocycles. The molecule has 0 radical (unpaired) electrons. The molecule has 0 aliphatic heterocycles. The average Bonchev–Trinajstić information content (AvgIpc) is 2.27. The van der Waals surface area contributed by atoms with Gasteiger partial charge in [-0.05, 0) is 18.2 Å². The molecule has 2 rings (SSSR count). The molecule has 0 saturated carbocycles. The van der Waals surface area contributed by atoms with Gasteiger partial charge in [-0.1, -0.05) is 0 Å². The maximum absolute atomic E-state index is 8.90. The molecule has 4 nitrogen and oxygen atoms in total. The highest BCUT2D eigenvalue weighted by molar-refractivity contribution is 5.90. The summed E-state index contributed by atoms with van der Waals surface area (Å²) in [7, 11) is 0. The number of benzene rings is 1. The molecule has 0 aliphatic carbocycles. The van der Waals surface area contributed by atoms with E-state index in [1.165, 1.54) is 0 Å². The Balaban J connectivity index is 2.94. The summed E-state index contributed by atoms with van der Waals surface area (Å²) in [6, 6.07) is 8.79. The molecule has 4 heteroatoms. The first-order valence-corrected chi connectivity index (χ1v) is 4.00. The van der Waals surface area contributed by atoms with Crippen molar-refractivity contribution in [2.75, 3.05) is 0 Å². The van der Waals surface area contributed by atoms with Crippen molar-refractivity contribution < 1.29 is 0 Å². The van der Waals surface area contributed by atoms with Gasteiger partial charge in [0.25, 0.3) is 0 Å². The Morgan fingerprint density at radius 2 is 2.14 bits per heavy atom. The summed E-state index contributed by atoms with van der Waals surface area (Å²) in [5.41, 5.74) is 1.34. The minimum Gasteiger partial charge on any atom is -0.256 e. The van der Waals surface area contributed by atoms with Crippen molar-refractivity contribution in [2.45, 2.75) is 0 Å². The largest absolute Gasteiger partial charge is 0.403 e. The molecule has 0 atom stereocenters. The molecule has 0 N–H and O–H groups in total. The van der Waals surface area contributed by atoms with Gasteiger partial charge >= 0.3 is 5.69 Å². The van der Waals surface area contributed by atoms with Crippen molar-refractivity contribution in [1.82, 2.24) is 4.98 Å². The Hall–Kier alpha value is -2.46. The van der Waals surface area contributed by atoms with E-state index in [9.17, 15) is 0 Å². The zero-order chi connectivity index (χ0) is 9.97. The molecule has 0 spiro atoms. The van der Waals surface area contributed by atoms with E-state index in [0.29, 0.717) is 10.9 Å². The van der Waals surface area contributed by atoms with Crippen LogP contribution in [0.4, 0.5) is 5.69 Å². The number of aromatic nitrogens is 1. The molecule has 14 heavy (non-hydrogen) atoms. The number of diazo groups is 1. The standard InChI is InChI=1S/C10H5N4/c11-6-8-7-2-1-5-13-9(7)3-4-10(8)14-12/h1-5H/q+1. The van der Waals surface area contributed by atoms with E-state index in [1.54, 1.807) is 30.5 Å². The lowest BCUT2D eigenvalue weighted by Crippen LogP contribution is -1.82. The van der Waals surface area contributed by atoms with Crippen LogP contribution in [-0.4, -0.2) is 4.98 Å². The van der Waals surface area contributed by atoms with Gasteiger partial charge < -0.3 is 0 Å². The number of fused-ring (bicyclic) bond motifs is 1. The highest BCUT2D eigenvalue weighted by Gasteiger charge is 2.16. The Morgan fingerprint density at radius 1 is 1.29 bits per heavy atom. The highest BCUT2D eigenvalue weighted by Crippen LogP contribution is 2.25. The fraction of sp³-hybridized carbons (Fsp3) is 0. The van der Waals surface area contributed by atoms with E-state index < -0.39 is 0 Å². The van der Waals surface area contributed by atoms with Gasteiger partial charge in [0.15, 0.2) is 10.5 Å². The Morgan fingerprint density at radius 3 is 2.86 bits per heavy atom. The second-order valence-corrected chi connectivity index (χ2v) is 2.74. The Labute approximate surface area is 80.1 Å². The van der Waals surface area contributed by atoms with Crippen LogP contribution < -0.4 is 0 Å². The molecule has 0 saturated heterocycles. The second kappa shape index (κ2) is 3.12. The van der Waals surface area contributed by atoms with Crippen molar-refractivity contribution in [1.29, 1.82) is 10.7 Å². The zero-order valence-electron chi connectivity index (χ0n) is 7.18. The number of nitrogens with zero attached hydrogens (tertiary/aromatic N) is 4. The molecule has 1 aromatic carbocycles. The van der Waals surface area contributed by atoms with Crippen molar-refractivity contribution in [3.63, 3.8) is 0 Å². The third-order valence-corrected chi connectivity index (χ3v) is 1.98. The van der Waals surface area contributed by atoms with Crippen LogP contribution in [0.3, 0.4) is 0 Å². The molecular weight excluding hydrogens is 176 g/mol. The van der Waals surface area contributed by atoms with E-state index in [4.69, 9.17) is 10.7 Å². The normalized spacial score (nSPS) is 9.29. The summed E-state index contributed by atoms with van der Waals surface area (Å²) in [6.07, 6.45) is 1.65. The van der Waals surface area contributed by atoms with E-state index >= 15 is 0 Å². The minimum absolute atomic E-state index is 0.271.